The van der Waals surface area contributed by atoms with Crippen LogP contribution in [0.1, 0.15) is 22.2 Å². The van der Waals surface area contributed by atoms with Crippen LogP contribution in [0, 0.1) is 0 Å². The molecular formula is C22H25N5O5S. The van der Waals surface area contributed by atoms with Gasteiger partial charge < -0.3 is 29.8 Å². The van der Waals surface area contributed by atoms with Crippen molar-refractivity contribution in [2.75, 3.05) is 31.9 Å². The van der Waals surface area contributed by atoms with Gasteiger partial charge in [0.25, 0.3) is 5.91 Å². The molecule has 1 aromatic heterocycles. The molecule has 0 aliphatic carbocycles. The summed E-state index contributed by atoms with van der Waals surface area (Å²) in [6, 6.07) is 12.9. The molecule has 0 unspecified atom stereocenters. The van der Waals surface area contributed by atoms with E-state index in [2.05, 4.69) is 20.8 Å². The molecule has 0 fully saturated rings. The van der Waals surface area contributed by atoms with Gasteiger partial charge in [-0.25, -0.2) is 0 Å². The van der Waals surface area contributed by atoms with Gasteiger partial charge in [-0.2, -0.15) is 0 Å². The van der Waals surface area contributed by atoms with Crippen LogP contribution in [0.15, 0.2) is 53.7 Å². The maximum Gasteiger partial charge on any atom is 0.251 e. The molecule has 3 aromatic rings. The Labute approximate surface area is 195 Å². The van der Waals surface area contributed by atoms with Crippen molar-refractivity contribution >= 4 is 29.3 Å². The van der Waals surface area contributed by atoms with Crippen molar-refractivity contribution in [3.8, 4) is 11.5 Å². The maximum atomic E-state index is 12.6. The van der Waals surface area contributed by atoms with Gasteiger partial charge >= 0.3 is 0 Å². The zero-order chi connectivity index (χ0) is 23.8. The predicted molar refractivity (Wildman–Crippen MR) is 124 cm³/mol. The highest BCUT2D eigenvalue weighted by Crippen LogP contribution is 2.21. The van der Waals surface area contributed by atoms with Crippen LogP contribution in [-0.4, -0.2) is 58.3 Å². The first-order valence-electron chi connectivity index (χ1n) is 9.97. The van der Waals surface area contributed by atoms with Crippen LogP contribution in [0.25, 0.3) is 0 Å². The first-order chi connectivity index (χ1) is 15.9. The molecule has 0 spiro atoms. The lowest BCUT2D eigenvalue weighted by atomic mass is 10.2. The number of rotatable bonds is 10. The van der Waals surface area contributed by atoms with Crippen LogP contribution in [0.2, 0.25) is 0 Å². The van der Waals surface area contributed by atoms with E-state index in [1.54, 1.807) is 74.4 Å². The average Bonchev–Trinajstić information content (AvgIpc) is 3.21. The summed E-state index contributed by atoms with van der Waals surface area (Å²) in [4.78, 5) is 24.9. The summed E-state index contributed by atoms with van der Waals surface area (Å²) in [7, 11) is 4.81. The number of aliphatic hydroxyl groups excluding tert-OH is 1. The molecule has 0 aliphatic rings. The van der Waals surface area contributed by atoms with Gasteiger partial charge in [0, 0.05) is 24.4 Å². The van der Waals surface area contributed by atoms with E-state index in [1.807, 2.05) is 0 Å². The summed E-state index contributed by atoms with van der Waals surface area (Å²) in [6.07, 6.45) is 0. The number of hydrogen-bond donors (Lipinski definition) is 3. The van der Waals surface area contributed by atoms with E-state index in [0.717, 1.165) is 0 Å². The van der Waals surface area contributed by atoms with Crippen LogP contribution in [-0.2, 0) is 11.8 Å². The number of aromatic nitrogens is 3. The Morgan fingerprint density at radius 3 is 2.48 bits per heavy atom. The Bertz CT molecular complexity index is 1100. The topological polar surface area (TPSA) is 128 Å². The van der Waals surface area contributed by atoms with Crippen LogP contribution in [0.5, 0.6) is 11.5 Å². The van der Waals surface area contributed by atoms with Gasteiger partial charge in [0.1, 0.15) is 17.5 Å². The third-order valence-electron chi connectivity index (χ3n) is 4.71. The number of nitrogens with one attached hydrogen (secondary N) is 2. The standard InChI is InChI=1S/C22H25N5O5S/c1-27-20(18(12-28)24-21(30)14-7-9-16(31-2)10-8-14)25-26-22(27)33-13-19(29)23-15-5-4-6-17(11-15)32-3/h4-11,18,28H,12-13H2,1-3H3,(H,23,29)(H,24,30)/t18-/m0/s1. The molecule has 1 atom stereocenters. The van der Waals surface area contributed by atoms with Crippen molar-refractivity contribution in [2.24, 2.45) is 7.05 Å². The van der Waals surface area contributed by atoms with Crippen molar-refractivity contribution in [1.82, 2.24) is 20.1 Å². The van der Waals surface area contributed by atoms with E-state index in [1.165, 1.54) is 11.8 Å². The van der Waals surface area contributed by atoms with Crippen LogP contribution in [0.3, 0.4) is 0 Å². The van der Waals surface area contributed by atoms with Gasteiger partial charge in [0.15, 0.2) is 11.0 Å². The zero-order valence-corrected chi connectivity index (χ0v) is 19.3. The second kappa shape index (κ2) is 11.3. The minimum Gasteiger partial charge on any atom is -0.497 e. The van der Waals surface area contributed by atoms with Crippen molar-refractivity contribution in [1.29, 1.82) is 0 Å². The number of carbonyl (C=O) groups excluding carboxylic acids is 2. The van der Waals surface area contributed by atoms with Crippen molar-refractivity contribution in [2.45, 2.75) is 11.2 Å². The van der Waals surface area contributed by atoms with Gasteiger partial charge in [-0.05, 0) is 36.4 Å². The molecule has 3 N–H and O–H groups in total. The number of carbonyl (C=O) groups is 2. The second-order valence-electron chi connectivity index (χ2n) is 6.91. The van der Waals surface area contributed by atoms with Gasteiger partial charge in [-0.1, -0.05) is 17.8 Å². The molecule has 11 heteroatoms. The number of thioether (sulfide) groups is 1. The molecule has 2 aromatic carbocycles. The number of ether oxygens (including phenoxy) is 2. The lowest BCUT2D eigenvalue weighted by molar-refractivity contribution is -0.113. The molecule has 10 nitrogen and oxygen atoms in total. The molecule has 0 radical (unpaired) electrons. The fourth-order valence-corrected chi connectivity index (χ4v) is 3.68. The highest BCUT2D eigenvalue weighted by atomic mass is 32.2. The van der Waals surface area contributed by atoms with Crippen LogP contribution in [0.4, 0.5) is 5.69 Å². The number of anilines is 1. The normalized spacial score (nSPS) is 11.5. The molecule has 2 amide bonds. The van der Waals surface area contributed by atoms with Crippen LogP contribution < -0.4 is 20.1 Å². The van der Waals surface area contributed by atoms with Gasteiger partial charge in [-0.15, -0.1) is 10.2 Å². The monoisotopic (exact) mass is 471 g/mol. The maximum absolute atomic E-state index is 12.6. The smallest absolute Gasteiger partial charge is 0.251 e. The molecule has 33 heavy (non-hydrogen) atoms. The third kappa shape index (κ3) is 6.24. The summed E-state index contributed by atoms with van der Waals surface area (Å²) in [6.45, 7) is -0.366. The van der Waals surface area contributed by atoms with Gasteiger partial charge in [-0.3, -0.25) is 9.59 Å². The largest absolute Gasteiger partial charge is 0.497 e. The number of methoxy groups -OCH3 is 2. The molecule has 0 saturated heterocycles. The molecule has 3 rings (SSSR count). The molecule has 1 heterocycles. The van der Waals surface area contributed by atoms with E-state index in [0.29, 0.717) is 33.7 Å². The molecular weight excluding hydrogens is 446 g/mol. The fourth-order valence-electron chi connectivity index (χ4n) is 2.96. The molecule has 0 saturated carbocycles. The van der Waals surface area contributed by atoms with E-state index in [-0.39, 0.29) is 24.2 Å². The SMILES string of the molecule is COc1ccc(C(=O)N[C@@H](CO)c2nnc(SCC(=O)Nc3cccc(OC)c3)n2C)cc1. The predicted octanol–water partition coefficient (Wildman–Crippen LogP) is 2.03. The number of hydrogen-bond acceptors (Lipinski definition) is 8. The summed E-state index contributed by atoms with van der Waals surface area (Å²) < 4.78 is 11.9. The molecule has 174 valence electrons. The van der Waals surface area contributed by atoms with E-state index < -0.39 is 6.04 Å². The third-order valence-corrected chi connectivity index (χ3v) is 5.73. The first-order valence-corrected chi connectivity index (χ1v) is 11.0. The lowest BCUT2D eigenvalue weighted by Crippen LogP contribution is -2.32. The van der Waals surface area contributed by atoms with E-state index in [9.17, 15) is 14.7 Å². The lowest BCUT2D eigenvalue weighted by Gasteiger charge is -2.16. The Morgan fingerprint density at radius 2 is 1.82 bits per heavy atom. The quantitative estimate of drug-likeness (QED) is 0.383. The molecule has 0 aliphatic heterocycles. The van der Waals surface area contributed by atoms with Crippen LogP contribution >= 0.6 is 11.8 Å². The zero-order valence-electron chi connectivity index (χ0n) is 18.4. The Morgan fingerprint density at radius 1 is 1.09 bits per heavy atom. The molecule has 0 bridgehead atoms. The number of aliphatic hydroxyl groups is 1. The highest BCUT2D eigenvalue weighted by Gasteiger charge is 2.22. The van der Waals surface area contributed by atoms with E-state index >= 15 is 0 Å². The Balaban J connectivity index is 1.60. The number of nitrogens with zero attached hydrogens (tertiary/aromatic N) is 3. The Kier molecular flexibility index (Phi) is 8.28. The summed E-state index contributed by atoms with van der Waals surface area (Å²) in [5, 5.41) is 24.0. The minimum atomic E-state index is -0.767. The first kappa shape index (κ1) is 24.1. The van der Waals surface area contributed by atoms with Crippen molar-refractivity contribution in [3.05, 3.63) is 59.9 Å². The average molecular weight is 472 g/mol. The fraction of sp³-hybridized carbons (Fsp3) is 0.273. The highest BCUT2D eigenvalue weighted by molar-refractivity contribution is 7.99. The number of benzene rings is 2. The summed E-state index contributed by atoms with van der Waals surface area (Å²) in [5.41, 5.74) is 1.04. The Hall–Kier alpha value is -3.57. The van der Waals surface area contributed by atoms with Gasteiger partial charge in [0.2, 0.25) is 5.91 Å². The van der Waals surface area contributed by atoms with Crippen molar-refractivity contribution < 1.29 is 24.2 Å². The van der Waals surface area contributed by atoms with Crippen molar-refractivity contribution in [3.63, 3.8) is 0 Å². The van der Waals surface area contributed by atoms with Gasteiger partial charge in [0.05, 0.1) is 26.6 Å². The minimum absolute atomic E-state index is 0.102. The van der Waals surface area contributed by atoms with E-state index in [4.69, 9.17) is 9.47 Å². The number of amides is 2. The summed E-state index contributed by atoms with van der Waals surface area (Å²) >= 11 is 1.19. The summed E-state index contributed by atoms with van der Waals surface area (Å²) in [5.74, 6) is 1.16. The second-order valence-corrected chi connectivity index (χ2v) is 7.85.